The Morgan fingerprint density at radius 3 is 2.85 bits per heavy atom. The third-order valence-corrected chi connectivity index (χ3v) is 6.67. The van der Waals surface area contributed by atoms with Crippen LogP contribution in [0.5, 0.6) is 0 Å². The standard InChI is InChI=1S/C18H30N2O5S/c1-12-14(25-12)5-4-8-23-9-10-24-16(21)7-3-2-6-15-17-13(11-26-15)19-18(22)20-17/h12-15,17H,2-11H2,1H3,(H2,19,20,22)/t12?,13-,14?,15-,17-/m0/s1. The van der Waals surface area contributed by atoms with Gasteiger partial charge in [0.05, 0.1) is 30.9 Å². The van der Waals surface area contributed by atoms with Gasteiger partial charge in [0.2, 0.25) is 0 Å². The van der Waals surface area contributed by atoms with E-state index in [0.29, 0.717) is 43.7 Å². The monoisotopic (exact) mass is 386 g/mol. The van der Waals surface area contributed by atoms with Crippen LogP contribution in [-0.2, 0) is 19.0 Å². The summed E-state index contributed by atoms with van der Waals surface area (Å²) in [5, 5.41) is 6.39. The first-order chi connectivity index (χ1) is 12.6. The molecule has 3 aliphatic heterocycles. The van der Waals surface area contributed by atoms with E-state index < -0.39 is 0 Å². The van der Waals surface area contributed by atoms with E-state index in [1.165, 1.54) is 0 Å². The highest BCUT2D eigenvalue weighted by molar-refractivity contribution is 8.00. The number of epoxide rings is 1. The Hall–Kier alpha value is -0.990. The number of carbonyl (C=O) groups excluding carboxylic acids is 2. The molecule has 0 aromatic carbocycles. The minimum atomic E-state index is -0.151. The van der Waals surface area contributed by atoms with Gasteiger partial charge in [0.15, 0.2) is 0 Å². The quantitative estimate of drug-likeness (QED) is 0.230. The first-order valence-corrected chi connectivity index (χ1v) is 10.8. The van der Waals surface area contributed by atoms with E-state index in [4.69, 9.17) is 14.2 Å². The van der Waals surface area contributed by atoms with E-state index >= 15 is 0 Å². The van der Waals surface area contributed by atoms with Gasteiger partial charge in [0.25, 0.3) is 0 Å². The zero-order valence-electron chi connectivity index (χ0n) is 15.4. The number of nitrogens with one attached hydrogen (secondary N) is 2. The molecule has 3 heterocycles. The minimum absolute atomic E-state index is 0.0495. The van der Waals surface area contributed by atoms with Crippen molar-refractivity contribution in [2.24, 2.45) is 0 Å². The number of thioether (sulfide) groups is 1. The Labute approximate surface area is 159 Å². The molecule has 2 unspecified atom stereocenters. The molecule has 3 aliphatic rings. The second-order valence-corrected chi connectivity index (χ2v) is 8.49. The first-order valence-electron chi connectivity index (χ1n) is 9.71. The highest BCUT2D eigenvalue weighted by atomic mass is 32.2. The molecule has 0 spiro atoms. The number of fused-ring (bicyclic) bond motifs is 1. The van der Waals surface area contributed by atoms with Crippen LogP contribution in [0.4, 0.5) is 4.79 Å². The third kappa shape index (κ3) is 6.03. The van der Waals surface area contributed by atoms with Crippen LogP contribution in [0.2, 0.25) is 0 Å². The van der Waals surface area contributed by atoms with Gasteiger partial charge < -0.3 is 24.8 Å². The summed E-state index contributed by atoms with van der Waals surface area (Å²) in [5.74, 6) is 0.824. The number of urea groups is 1. The molecule has 3 saturated heterocycles. The van der Waals surface area contributed by atoms with Gasteiger partial charge in [-0.15, -0.1) is 0 Å². The number of rotatable bonds is 12. The SMILES string of the molecule is CC1OC1CCCOCCOC(=O)CCCC[C@@H]1SC[C@@H]2NC(=O)N[C@@H]21. The predicted octanol–water partition coefficient (Wildman–Crippen LogP) is 1.84. The number of ether oxygens (including phenoxy) is 3. The van der Waals surface area contributed by atoms with Gasteiger partial charge in [-0.1, -0.05) is 6.42 Å². The molecule has 2 N–H and O–H groups in total. The fourth-order valence-corrected chi connectivity index (χ4v) is 5.11. The second-order valence-electron chi connectivity index (χ2n) is 7.22. The van der Waals surface area contributed by atoms with Crippen LogP contribution in [0.25, 0.3) is 0 Å². The Morgan fingerprint density at radius 2 is 2.04 bits per heavy atom. The molecule has 5 atom stereocenters. The predicted molar refractivity (Wildman–Crippen MR) is 99.3 cm³/mol. The summed E-state index contributed by atoms with van der Waals surface area (Å²) in [6.07, 6.45) is 6.14. The average molecular weight is 387 g/mol. The highest BCUT2D eigenvalue weighted by Gasteiger charge is 2.42. The van der Waals surface area contributed by atoms with Crippen molar-refractivity contribution in [3.05, 3.63) is 0 Å². The lowest BCUT2D eigenvalue weighted by Gasteiger charge is -2.16. The fourth-order valence-electron chi connectivity index (χ4n) is 3.57. The number of carbonyl (C=O) groups is 2. The van der Waals surface area contributed by atoms with Crippen molar-refractivity contribution in [3.63, 3.8) is 0 Å². The molecule has 7 nitrogen and oxygen atoms in total. The maximum Gasteiger partial charge on any atom is 0.315 e. The molecule has 26 heavy (non-hydrogen) atoms. The number of hydrogen-bond acceptors (Lipinski definition) is 6. The van der Waals surface area contributed by atoms with E-state index in [0.717, 1.165) is 37.9 Å². The zero-order valence-corrected chi connectivity index (χ0v) is 16.2. The van der Waals surface area contributed by atoms with Gasteiger partial charge in [-0.3, -0.25) is 4.79 Å². The average Bonchev–Trinajstić information content (AvgIpc) is 2.99. The molecule has 0 aromatic heterocycles. The number of esters is 1. The van der Waals surface area contributed by atoms with E-state index in [1.54, 1.807) is 0 Å². The van der Waals surface area contributed by atoms with Crippen molar-refractivity contribution < 1.29 is 23.8 Å². The first kappa shape index (κ1) is 19.8. The van der Waals surface area contributed by atoms with Crippen LogP contribution < -0.4 is 10.6 Å². The van der Waals surface area contributed by atoms with Crippen molar-refractivity contribution in [1.29, 1.82) is 0 Å². The summed E-state index contributed by atoms with van der Waals surface area (Å²) < 4.78 is 16.0. The fraction of sp³-hybridized carbons (Fsp3) is 0.889. The molecule has 0 aliphatic carbocycles. The van der Waals surface area contributed by atoms with Crippen LogP contribution in [0.1, 0.15) is 45.4 Å². The molecule has 0 aromatic rings. The van der Waals surface area contributed by atoms with Gasteiger partial charge >= 0.3 is 12.0 Å². The van der Waals surface area contributed by atoms with Crippen molar-refractivity contribution in [1.82, 2.24) is 10.6 Å². The highest BCUT2D eigenvalue weighted by Crippen LogP contribution is 2.33. The van der Waals surface area contributed by atoms with Crippen molar-refractivity contribution >= 4 is 23.8 Å². The minimum Gasteiger partial charge on any atom is -0.463 e. The zero-order chi connectivity index (χ0) is 18.4. The van der Waals surface area contributed by atoms with Crippen molar-refractivity contribution in [2.75, 3.05) is 25.6 Å². The lowest BCUT2D eigenvalue weighted by Crippen LogP contribution is -2.36. The maximum atomic E-state index is 11.7. The summed E-state index contributed by atoms with van der Waals surface area (Å²) in [4.78, 5) is 23.1. The van der Waals surface area contributed by atoms with Crippen LogP contribution in [0.15, 0.2) is 0 Å². The van der Waals surface area contributed by atoms with Crippen LogP contribution >= 0.6 is 11.8 Å². The Bertz CT molecular complexity index is 492. The second kappa shape index (κ2) is 9.80. The van der Waals surface area contributed by atoms with Crippen molar-refractivity contribution in [3.8, 4) is 0 Å². The van der Waals surface area contributed by atoms with Crippen LogP contribution in [0, 0.1) is 0 Å². The summed E-state index contributed by atoms with van der Waals surface area (Å²) >= 11 is 1.91. The molecule has 0 bridgehead atoms. The Balaban J connectivity index is 1.12. The number of hydrogen-bond donors (Lipinski definition) is 2. The summed E-state index contributed by atoms with van der Waals surface area (Å²) in [6, 6.07) is 0.459. The summed E-state index contributed by atoms with van der Waals surface area (Å²) in [5.41, 5.74) is 0. The van der Waals surface area contributed by atoms with E-state index in [9.17, 15) is 9.59 Å². The summed E-state index contributed by atoms with van der Waals surface area (Å²) in [7, 11) is 0. The smallest absolute Gasteiger partial charge is 0.315 e. The molecular weight excluding hydrogens is 356 g/mol. The maximum absolute atomic E-state index is 11.7. The Morgan fingerprint density at radius 1 is 1.19 bits per heavy atom. The van der Waals surface area contributed by atoms with Gasteiger partial charge in [0, 0.05) is 24.0 Å². The molecule has 148 valence electrons. The lowest BCUT2D eigenvalue weighted by atomic mass is 10.0. The summed E-state index contributed by atoms with van der Waals surface area (Å²) in [6.45, 7) is 3.56. The Kier molecular flexibility index (Phi) is 7.45. The van der Waals surface area contributed by atoms with Gasteiger partial charge in [-0.25, -0.2) is 4.79 Å². The largest absolute Gasteiger partial charge is 0.463 e. The normalized spacial score (nSPS) is 32.0. The molecule has 3 fully saturated rings. The molecule has 3 rings (SSSR count). The molecule has 8 heteroatoms. The number of amides is 2. The van der Waals surface area contributed by atoms with Crippen molar-refractivity contribution in [2.45, 2.75) is 75.0 Å². The van der Waals surface area contributed by atoms with Gasteiger partial charge in [-0.05, 0) is 32.6 Å². The van der Waals surface area contributed by atoms with E-state index in [-0.39, 0.29) is 24.1 Å². The molecular formula is C18H30N2O5S. The van der Waals surface area contributed by atoms with E-state index in [2.05, 4.69) is 17.6 Å². The van der Waals surface area contributed by atoms with Gasteiger partial charge in [0.1, 0.15) is 6.61 Å². The van der Waals surface area contributed by atoms with Crippen LogP contribution in [0.3, 0.4) is 0 Å². The molecule has 0 radical (unpaired) electrons. The molecule has 2 amide bonds. The van der Waals surface area contributed by atoms with E-state index in [1.807, 2.05) is 11.8 Å². The van der Waals surface area contributed by atoms with Gasteiger partial charge in [-0.2, -0.15) is 11.8 Å². The topological polar surface area (TPSA) is 89.2 Å². The third-order valence-electron chi connectivity index (χ3n) is 5.16. The number of unbranched alkanes of at least 4 members (excludes halogenated alkanes) is 1. The van der Waals surface area contributed by atoms with Crippen LogP contribution in [-0.4, -0.2) is 67.1 Å². The lowest BCUT2D eigenvalue weighted by molar-refractivity contribution is -0.145. The molecule has 0 saturated carbocycles.